The highest BCUT2D eigenvalue weighted by Crippen LogP contribution is 2.41. The lowest BCUT2D eigenvalue weighted by Crippen LogP contribution is -2.31. The molecule has 8 heteroatoms. The number of fused-ring (bicyclic) bond motifs is 1. The standard InChI is InChI=1S/C41H53F2N2O3S/c1-41(42,43)49-38-23-5-4-22-36(38)45(44)39(48)28-30-13-7-17-33-19-9-18-32-16-2-3-20-34(32)40(35(33)21-8-14-30)37(47)27-31-12-6-11-29(24-25-31)15-10-26-46/h2-5,16,18,20,22-23,29-31,44,46H,6-15,17,19,21,24-28H2,1H3/q+1. The molecule has 0 radical (unpaired) electrons. The van der Waals surface area contributed by atoms with Crippen LogP contribution in [-0.4, -0.2) is 33.4 Å². The molecule has 2 aromatic rings. The van der Waals surface area contributed by atoms with Gasteiger partial charge in [-0.05, 0) is 132 Å². The first-order chi connectivity index (χ1) is 23.6. The molecule has 0 heterocycles. The Balaban J connectivity index is 1.32. The van der Waals surface area contributed by atoms with Crippen LogP contribution in [0.4, 0.5) is 14.5 Å². The van der Waals surface area contributed by atoms with Crippen LogP contribution in [0.5, 0.6) is 0 Å². The highest BCUT2D eigenvalue weighted by Gasteiger charge is 2.33. The molecular formula is C41H53F2N2O3S+. The molecule has 0 aliphatic heterocycles. The SMILES string of the molecule is CC(F)(F)Sc1ccccc1[N+](=N)C(=O)CC1CCCC2=C(CCC1)C(C(=O)CC1CCCC(CCCO)CC1)=c1ccccc1=CCC2. The van der Waals surface area contributed by atoms with Gasteiger partial charge in [-0.25, -0.2) is 4.79 Å². The predicted octanol–water partition coefficient (Wildman–Crippen LogP) is 9.60. The van der Waals surface area contributed by atoms with E-state index in [1.165, 1.54) is 23.6 Å². The molecule has 2 N–H and O–H groups in total. The second-order valence-electron chi connectivity index (χ2n) is 14.5. The highest BCUT2D eigenvalue weighted by atomic mass is 32.2. The Morgan fingerprint density at radius 2 is 1.55 bits per heavy atom. The third-order valence-corrected chi connectivity index (χ3v) is 11.7. The van der Waals surface area contributed by atoms with Crippen molar-refractivity contribution in [1.82, 2.24) is 0 Å². The first-order valence-electron chi connectivity index (χ1n) is 18.5. The van der Waals surface area contributed by atoms with Gasteiger partial charge in [-0.2, -0.15) is 8.78 Å². The van der Waals surface area contributed by atoms with E-state index in [0.717, 1.165) is 118 Å². The van der Waals surface area contributed by atoms with Crippen LogP contribution in [0.25, 0.3) is 11.6 Å². The van der Waals surface area contributed by atoms with Crippen molar-refractivity contribution in [1.29, 1.82) is 5.53 Å². The lowest BCUT2D eigenvalue weighted by molar-refractivity contribution is -0.459. The molecule has 1 saturated carbocycles. The summed E-state index contributed by atoms with van der Waals surface area (Å²) < 4.78 is 28.5. The number of aliphatic hydroxyl groups excluding tert-OH is 1. The third-order valence-electron chi connectivity index (χ3n) is 10.7. The van der Waals surface area contributed by atoms with Crippen molar-refractivity contribution < 1.29 is 28.2 Å². The summed E-state index contributed by atoms with van der Waals surface area (Å²) in [7, 11) is 0. The molecule has 5 nitrogen and oxygen atoms in total. The van der Waals surface area contributed by atoms with Gasteiger partial charge in [0.1, 0.15) is 0 Å². The van der Waals surface area contributed by atoms with Crippen molar-refractivity contribution in [2.45, 2.75) is 126 Å². The molecule has 0 aromatic heterocycles. The molecule has 49 heavy (non-hydrogen) atoms. The number of thioether (sulfide) groups is 1. The lowest BCUT2D eigenvalue weighted by Gasteiger charge is -2.21. The Morgan fingerprint density at radius 3 is 2.35 bits per heavy atom. The van der Waals surface area contributed by atoms with Crippen molar-refractivity contribution in [2.75, 3.05) is 6.61 Å². The summed E-state index contributed by atoms with van der Waals surface area (Å²) in [5.41, 5.74) is 12.3. The molecule has 1 fully saturated rings. The summed E-state index contributed by atoms with van der Waals surface area (Å²) in [6.07, 6.45) is 17.6. The fraction of sp³-hybridized carbons (Fsp3) is 0.561. The average Bonchev–Trinajstić information content (AvgIpc) is 3.24. The van der Waals surface area contributed by atoms with Gasteiger partial charge < -0.3 is 5.11 Å². The predicted molar refractivity (Wildman–Crippen MR) is 192 cm³/mol. The second kappa shape index (κ2) is 17.8. The number of hydrogen-bond donors (Lipinski definition) is 2. The number of para-hydroxylation sites is 1. The van der Waals surface area contributed by atoms with E-state index in [2.05, 4.69) is 24.3 Å². The molecule has 1 amide bonds. The van der Waals surface area contributed by atoms with E-state index < -0.39 is 5.25 Å². The van der Waals surface area contributed by atoms with Crippen molar-refractivity contribution in [3.05, 3.63) is 70.1 Å². The number of ketones is 1. The number of hydrogen-bond acceptors (Lipinski definition) is 5. The number of alkyl halides is 2. The number of aliphatic hydroxyl groups is 1. The van der Waals surface area contributed by atoms with Gasteiger partial charge in [-0.3, -0.25) is 4.79 Å². The largest absolute Gasteiger partial charge is 0.417 e. The number of carbonyl (C=O) groups is 2. The normalized spacial score (nSPS) is 22.2. The minimum absolute atomic E-state index is 0.0845. The van der Waals surface area contributed by atoms with E-state index in [4.69, 9.17) is 5.53 Å². The molecule has 3 atom stereocenters. The van der Waals surface area contributed by atoms with Crippen LogP contribution in [-0.2, 0) is 9.59 Å². The Labute approximate surface area is 294 Å². The van der Waals surface area contributed by atoms with Crippen molar-refractivity contribution in [3.63, 3.8) is 0 Å². The number of allylic oxidation sites excluding steroid dienone is 2. The molecule has 2 aromatic carbocycles. The van der Waals surface area contributed by atoms with Crippen LogP contribution >= 0.6 is 11.8 Å². The zero-order chi connectivity index (χ0) is 34.8. The molecule has 3 aliphatic rings. The quantitative estimate of drug-likeness (QED) is 0.106. The van der Waals surface area contributed by atoms with E-state index in [-0.39, 0.29) is 41.2 Å². The van der Waals surface area contributed by atoms with E-state index in [1.807, 2.05) is 6.07 Å². The van der Waals surface area contributed by atoms with E-state index in [0.29, 0.717) is 30.0 Å². The molecule has 264 valence electrons. The van der Waals surface area contributed by atoms with Crippen LogP contribution in [0.2, 0.25) is 0 Å². The van der Waals surface area contributed by atoms with Crippen LogP contribution in [0.15, 0.2) is 64.6 Å². The van der Waals surface area contributed by atoms with E-state index in [9.17, 15) is 23.5 Å². The smallest absolute Gasteiger partial charge is 0.396 e. The number of nitrogens with zero attached hydrogens (tertiary/aromatic N) is 1. The maximum absolute atomic E-state index is 14.5. The molecule has 0 bridgehead atoms. The Hall–Kier alpha value is -2.97. The number of Topliss-reactive ketones (excluding diaryl/α,β-unsaturated/α-hetero) is 1. The molecule has 0 spiro atoms. The van der Waals surface area contributed by atoms with Crippen molar-refractivity contribution in [2.24, 2.45) is 17.8 Å². The molecule has 3 unspecified atom stereocenters. The van der Waals surface area contributed by atoms with Gasteiger partial charge >= 0.3 is 5.91 Å². The van der Waals surface area contributed by atoms with Crippen molar-refractivity contribution in [3.8, 4) is 0 Å². The first-order valence-corrected chi connectivity index (χ1v) is 19.3. The molecular weight excluding hydrogens is 639 g/mol. The van der Waals surface area contributed by atoms with Crippen LogP contribution in [0, 0.1) is 23.3 Å². The summed E-state index contributed by atoms with van der Waals surface area (Å²) >= 11 is 0.361. The van der Waals surface area contributed by atoms with Gasteiger partial charge in [0.05, 0.1) is 11.3 Å². The Morgan fingerprint density at radius 1 is 0.878 bits per heavy atom. The minimum atomic E-state index is -3.02. The third kappa shape index (κ3) is 10.5. The summed E-state index contributed by atoms with van der Waals surface area (Å²) in [4.78, 5) is 28.1. The monoisotopic (exact) mass is 691 g/mol. The number of benzene rings is 2. The first kappa shape index (κ1) is 37.3. The highest BCUT2D eigenvalue weighted by molar-refractivity contribution is 8.00. The van der Waals surface area contributed by atoms with Crippen molar-refractivity contribution >= 4 is 40.8 Å². The summed E-state index contributed by atoms with van der Waals surface area (Å²) in [6, 6.07) is 14.7. The Bertz CT molecular complexity index is 1650. The minimum Gasteiger partial charge on any atom is -0.396 e. The van der Waals surface area contributed by atoms with Crippen LogP contribution < -0.4 is 10.4 Å². The van der Waals surface area contributed by atoms with E-state index >= 15 is 0 Å². The number of carbonyl (C=O) groups excluding carboxylic acids is 2. The van der Waals surface area contributed by atoms with Crippen LogP contribution in [0.3, 0.4) is 0 Å². The summed E-state index contributed by atoms with van der Waals surface area (Å²) in [5.74, 6) is 1.00. The maximum atomic E-state index is 14.5. The molecule has 3 aliphatic carbocycles. The zero-order valence-corrected chi connectivity index (χ0v) is 29.8. The second-order valence-corrected chi connectivity index (χ2v) is 15.8. The lowest BCUT2D eigenvalue weighted by atomic mass is 9.82. The maximum Gasteiger partial charge on any atom is 0.417 e. The van der Waals surface area contributed by atoms with Gasteiger partial charge in [-0.1, -0.05) is 73.7 Å². The number of amides is 1. The topological polar surface area (TPSA) is 81.2 Å². The molecule has 0 saturated heterocycles. The Kier molecular flexibility index (Phi) is 13.5. The number of halogens is 2. The van der Waals surface area contributed by atoms with Gasteiger partial charge in [0.25, 0.3) is 10.9 Å². The fourth-order valence-electron chi connectivity index (χ4n) is 8.30. The van der Waals surface area contributed by atoms with Gasteiger partial charge in [0.15, 0.2) is 5.78 Å². The summed E-state index contributed by atoms with van der Waals surface area (Å²) in [6.45, 7) is 1.07. The average molecular weight is 692 g/mol. The van der Waals surface area contributed by atoms with Gasteiger partial charge in [-0.15, -0.1) is 0 Å². The number of nitrogens with one attached hydrogen (secondary N) is 1. The zero-order valence-electron chi connectivity index (χ0n) is 29.0. The number of rotatable bonds is 11. The fourth-order valence-corrected chi connectivity index (χ4v) is 9.09. The summed E-state index contributed by atoms with van der Waals surface area (Å²) in [5, 5.41) is 8.49. The molecule has 5 rings (SSSR count). The van der Waals surface area contributed by atoms with Crippen LogP contribution in [0.1, 0.15) is 116 Å². The van der Waals surface area contributed by atoms with Gasteiger partial charge in [0, 0.05) is 31.6 Å². The van der Waals surface area contributed by atoms with E-state index in [1.54, 1.807) is 18.2 Å². The van der Waals surface area contributed by atoms with Gasteiger partial charge in [0.2, 0.25) is 0 Å².